The van der Waals surface area contributed by atoms with Crippen LogP contribution in [-0.2, 0) is 30.4 Å². The molecular formula is C22H25ClN4O2S. The number of nitrogens with one attached hydrogen (secondary N) is 1. The fourth-order valence-corrected chi connectivity index (χ4v) is 4.11. The molecule has 0 aliphatic carbocycles. The number of carbonyl (C=O) groups is 1. The third kappa shape index (κ3) is 6.24. The molecule has 0 aliphatic heterocycles. The van der Waals surface area contributed by atoms with Gasteiger partial charge in [-0.1, -0.05) is 53.7 Å². The summed E-state index contributed by atoms with van der Waals surface area (Å²) in [6.07, 6.45) is 1.69. The molecule has 0 radical (unpaired) electrons. The molecule has 0 bridgehead atoms. The van der Waals surface area contributed by atoms with Crippen LogP contribution in [0.5, 0.6) is 5.75 Å². The molecule has 1 heterocycles. The number of carbonyl (C=O) groups excluding carboxylic acids is 1. The number of hydrogen-bond acceptors (Lipinski definition) is 5. The zero-order valence-electron chi connectivity index (χ0n) is 17.1. The largest absolute Gasteiger partial charge is 0.496 e. The van der Waals surface area contributed by atoms with Crippen LogP contribution in [-0.4, -0.2) is 34.3 Å². The van der Waals surface area contributed by atoms with Crippen molar-refractivity contribution < 1.29 is 9.53 Å². The Hall–Kier alpha value is -2.51. The van der Waals surface area contributed by atoms with E-state index < -0.39 is 0 Å². The second kappa shape index (κ2) is 11.0. The Kier molecular flexibility index (Phi) is 8.16. The van der Waals surface area contributed by atoms with E-state index in [1.807, 2.05) is 60.1 Å². The Labute approximate surface area is 186 Å². The van der Waals surface area contributed by atoms with Crippen LogP contribution in [0.4, 0.5) is 0 Å². The van der Waals surface area contributed by atoms with Gasteiger partial charge in [-0.3, -0.25) is 4.79 Å². The number of para-hydroxylation sites is 1. The second-order valence-corrected chi connectivity index (χ2v) is 8.17. The molecule has 1 amide bonds. The molecule has 0 unspecified atom stereocenters. The molecule has 0 saturated carbocycles. The van der Waals surface area contributed by atoms with Gasteiger partial charge in [0.2, 0.25) is 5.91 Å². The van der Waals surface area contributed by atoms with E-state index in [1.165, 1.54) is 0 Å². The van der Waals surface area contributed by atoms with E-state index in [2.05, 4.69) is 15.5 Å². The third-order valence-electron chi connectivity index (χ3n) is 4.67. The van der Waals surface area contributed by atoms with Crippen LogP contribution in [0.25, 0.3) is 0 Å². The molecule has 6 nitrogen and oxygen atoms in total. The molecule has 158 valence electrons. The molecule has 0 spiro atoms. The number of benzene rings is 2. The molecule has 8 heteroatoms. The summed E-state index contributed by atoms with van der Waals surface area (Å²) in [7, 11) is 3.58. The van der Waals surface area contributed by atoms with Gasteiger partial charge in [0.15, 0.2) is 5.16 Å². The average Bonchev–Trinajstić information content (AvgIpc) is 3.10. The first-order valence-electron chi connectivity index (χ1n) is 9.71. The molecule has 30 heavy (non-hydrogen) atoms. The van der Waals surface area contributed by atoms with E-state index in [-0.39, 0.29) is 5.91 Å². The smallest absolute Gasteiger partial charge is 0.220 e. The fourth-order valence-electron chi connectivity index (χ4n) is 3.02. The van der Waals surface area contributed by atoms with Gasteiger partial charge in [-0.2, -0.15) is 0 Å². The number of methoxy groups -OCH3 is 1. The van der Waals surface area contributed by atoms with Crippen molar-refractivity contribution in [2.75, 3.05) is 13.7 Å². The van der Waals surface area contributed by atoms with Crippen molar-refractivity contribution >= 4 is 29.3 Å². The van der Waals surface area contributed by atoms with Crippen LogP contribution in [0.3, 0.4) is 0 Å². The Morgan fingerprint density at radius 2 is 2.00 bits per heavy atom. The highest BCUT2D eigenvalue weighted by Gasteiger charge is 2.11. The Balaban J connectivity index is 1.43. The number of aryl methyl sites for hydroxylation is 1. The van der Waals surface area contributed by atoms with Crippen molar-refractivity contribution in [3.63, 3.8) is 0 Å². The maximum absolute atomic E-state index is 12.2. The number of halogens is 1. The minimum atomic E-state index is 0.0126. The maximum Gasteiger partial charge on any atom is 0.220 e. The predicted octanol–water partition coefficient (Wildman–Crippen LogP) is 4.06. The van der Waals surface area contributed by atoms with Crippen LogP contribution in [0.1, 0.15) is 23.4 Å². The monoisotopic (exact) mass is 444 g/mol. The number of aromatic nitrogens is 3. The molecule has 3 rings (SSSR count). The third-order valence-corrected chi connectivity index (χ3v) is 5.99. The summed E-state index contributed by atoms with van der Waals surface area (Å²) in [4.78, 5) is 12.2. The summed E-state index contributed by atoms with van der Waals surface area (Å²) in [6.45, 7) is 0.524. The van der Waals surface area contributed by atoms with E-state index in [0.29, 0.717) is 25.8 Å². The normalized spacial score (nSPS) is 10.8. The summed E-state index contributed by atoms with van der Waals surface area (Å²) in [5, 5.41) is 13.0. The molecule has 3 aromatic rings. The Morgan fingerprint density at radius 1 is 1.17 bits per heavy atom. The molecule has 2 aromatic carbocycles. The van der Waals surface area contributed by atoms with Gasteiger partial charge in [0.1, 0.15) is 11.6 Å². The number of ether oxygens (including phenoxy) is 1. The van der Waals surface area contributed by atoms with E-state index in [4.69, 9.17) is 16.3 Å². The van der Waals surface area contributed by atoms with Crippen molar-refractivity contribution in [2.45, 2.75) is 30.2 Å². The highest BCUT2D eigenvalue weighted by atomic mass is 35.5. The fraction of sp³-hybridized carbons (Fsp3) is 0.318. The standard InChI is InChI=1S/C22H25ClN4O2S/c1-27-20(25-26-22(27)30-15-16-6-5-8-18(23)14-16)12-13-24-21(28)11-10-17-7-3-4-9-19(17)29-2/h3-9,14H,10-13,15H2,1-2H3,(H,24,28). The quantitative estimate of drug-likeness (QED) is 0.477. The van der Waals surface area contributed by atoms with Gasteiger partial charge in [0, 0.05) is 37.2 Å². The van der Waals surface area contributed by atoms with E-state index in [0.717, 1.165) is 38.6 Å². The number of amides is 1. The van der Waals surface area contributed by atoms with Crippen LogP contribution < -0.4 is 10.1 Å². The zero-order valence-corrected chi connectivity index (χ0v) is 18.7. The first-order chi connectivity index (χ1) is 14.6. The number of nitrogens with zero attached hydrogens (tertiary/aromatic N) is 3. The van der Waals surface area contributed by atoms with Gasteiger partial charge in [0.05, 0.1) is 7.11 Å². The van der Waals surface area contributed by atoms with E-state index in [1.54, 1.807) is 18.9 Å². The van der Waals surface area contributed by atoms with Crippen molar-refractivity contribution in [1.82, 2.24) is 20.1 Å². The van der Waals surface area contributed by atoms with Gasteiger partial charge in [-0.05, 0) is 35.7 Å². The molecular weight excluding hydrogens is 420 g/mol. The summed E-state index contributed by atoms with van der Waals surface area (Å²) in [5.74, 6) is 2.44. The SMILES string of the molecule is COc1ccccc1CCC(=O)NCCc1nnc(SCc2cccc(Cl)c2)n1C. The van der Waals surface area contributed by atoms with Crippen LogP contribution in [0.15, 0.2) is 53.7 Å². The highest BCUT2D eigenvalue weighted by molar-refractivity contribution is 7.98. The zero-order chi connectivity index (χ0) is 21.3. The lowest BCUT2D eigenvalue weighted by Crippen LogP contribution is -2.26. The van der Waals surface area contributed by atoms with Crippen molar-refractivity contribution in [3.05, 3.63) is 70.5 Å². The maximum atomic E-state index is 12.2. The molecule has 1 aromatic heterocycles. The van der Waals surface area contributed by atoms with Gasteiger partial charge in [-0.25, -0.2) is 0 Å². The van der Waals surface area contributed by atoms with Gasteiger partial charge >= 0.3 is 0 Å². The second-order valence-electron chi connectivity index (χ2n) is 6.79. The van der Waals surface area contributed by atoms with Crippen molar-refractivity contribution in [1.29, 1.82) is 0 Å². The molecule has 0 aliphatic rings. The topological polar surface area (TPSA) is 69.0 Å². The molecule has 0 fully saturated rings. The summed E-state index contributed by atoms with van der Waals surface area (Å²) in [6, 6.07) is 15.6. The molecule has 0 saturated heterocycles. The van der Waals surface area contributed by atoms with Crippen molar-refractivity contribution in [2.24, 2.45) is 7.05 Å². The first-order valence-corrected chi connectivity index (χ1v) is 11.1. The lowest BCUT2D eigenvalue weighted by molar-refractivity contribution is -0.121. The lowest BCUT2D eigenvalue weighted by atomic mass is 10.1. The number of thioether (sulfide) groups is 1. The van der Waals surface area contributed by atoms with Gasteiger partial charge < -0.3 is 14.6 Å². The highest BCUT2D eigenvalue weighted by Crippen LogP contribution is 2.23. The number of hydrogen-bond donors (Lipinski definition) is 1. The number of rotatable bonds is 10. The lowest BCUT2D eigenvalue weighted by Gasteiger charge is -2.09. The van der Waals surface area contributed by atoms with Gasteiger partial charge in [0.25, 0.3) is 0 Å². The molecule has 0 atom stereocenters. The predicted molar refractivity (Wildman–Crippen MR) is 120 cm³/mol. The summed E-state index contributed by atoms with van der Waals surface area (Å²) in [5.41, 5.74) is 2.17. The van der Waals surface area contributed by atoms with Gasteiger partial charge in [-0.15, -0.1) is 10.2 Å². The Morgan fingerprint density at radius 3 is 2.80 bits per heavy atom. The first kappa shape index (κ1) is 22.2. The summed E-state index contributed by atoms with van der Waals surface area (Å²) >= 11 is 7.64. The van der Waals surface area contributed by atoms with Crippen LogP contribution in [0.2, 0.25) is 5.02 Å². The van der Waals surface area contributed by atoms with Crippen LogP contribution in [0, 0.1) is 0 Å². The van der Waals surface area contributed by atoms with Crippen molar-refractivity contribution in [3.8, 4) is 5.75 Å². The molecule has 1 N–H and O–H groups in total. The Bertz CT molecular complexity index is 993. The minimum absolute atomic E-state index is 0.0126. The average molecular weight is 445 g/mol. The van der Waals surface area contributed by atoms with E-state index in [9.17, 15) is 4.79 Å². The van der Waals surface area contributed by atoms with Crippen LogP contribution >= 0.6 is 23.4 Å². The minimum Gasteiger partial charge on any atom is -0.496 e. The summed E-state index contributed by atoms with van der Waals surface area (Å²) < 4.78 is 7.30. The van der Waals surface area contributed by atoms with E-state index >= 15 is 0 Å².